The summed E-state index contributed by atoms with van der Waals surface area (Å²) in [6.45, 7) is 0. The monoisotopic (exact) mass is 216 g/mol. The van der Waals surface area contributed by atoms with Crippen LogP contribution in [0.15, 0.2) is 16.5 Å². The van der Waals surface area contributed by atoms with E-state index in [2.05, 4.69) is 6.26 Å². The molecule has 0 spiro atoms. The SMILES string of the molecule is CSCc1cc[c-]o1.[Y]. The van der Waals surface area contributed by atoms with Crippen molar-refractivity contribution < 1.29 is 37.1 Å². The number of furan rings is 1. The topological polar surface area (TPSA) is 13.1 Å². The number of hydrogen-bond acceptors (Lipinski definition) is 2. The summed E-state index contributed by atoms with van der Waals surface area (Å²) < 4.78 is 4.93. The second-order valence-corrected chi connectivity index (χ2v) is 2.32. The molecule has 1 heterocycles. The molecular weight excluding hydrogens is 209 g/mol. The third kappa shape index (κ3) is 3.44. The van der Waals surface area contributed by atoms with E-state index in [4.69, 9.17) is 4.42 Å². The van der Waals surface area contributed by atoms with Crippen LogP contribution in [0.4, 0.5) is 0 Å². The van der Waals surface area contributed by atoms with Crippen LogP contribution in [-0.2, 0) is 38.5 Å². The fourth-order valence-corrected chi connectivity index (χ4v) is 0.930. The van der Waals surface area contributed by atoms with E-state index in [0.717, 1.165) is 11.5 Å². The molecule has 3 heteroatoms. The third-order valence-electron chi connectivity index (χ3n) is 0.814. The molecule has 0 fully saturated rings. The molecule has 1 radical (unpaired) electrons. The summed E-state index contributed by atoms with van der Waals surface area (Å²) in [4.78, 5) is 0. The maximum absolute atomic E-state index is 4.93. The summed E-state index contributed by atoms with van der Waals surface area (Å²) >= 11 is 1.75. The van der Waals surface area contributed by atoms with Crippen molar-refractivity contribution in [3.8, 4) is 0 Å². The van der Waals surface area contributed by atoms with Gasteiger partial charge in [-0.1, -0.05) is 0 Å². The Bertz CT molecular complexity index is 139. The van der Waals surface area contributed by atoms with Gasteiger partial charge in [0.2, 0.25) is 0 Å². The molecule has 1 rings (SSSR count). The Hall–Kier alpha value is 0.734. The molecular formula is C6H7OSY-. The third-order valence-corrected chi connectivity index (χ3v) is 1.39. The van der Waals surface area contributed by atoms with E-state index in [0.29, 0.717) is 0 Å². The Morgan fingerprint density at radius 1 is 1.78 bits per heavy atom. The first kappa shape index (κ1) is 9.73. The van der Waals surface area contributed by atoms with Crippen molar-refractivity contribution >= 4 is 11.8 Å². The van der Waals surface area contributed by atoms with E-state index < -0.39 is 0 Å². The zero-order valence-electron chi connectivity index (χ0n) is 5.26. The van der Waals surface area contributed by atoms with Gasteiger partial charge in [0, 0.05) is 32.7 Å². The predicted molar refractivity (Wildman–Crippen MR) is 34.8 cm³/mol. The molecule has 1 aromatic rings. The molecule has 0 aliphatic heterocycles. The zero-order chi connectivity index (χ0) is 5.82. The molecule has 0 saturated carbocycles. The average molecular weight is 216 g/mol. The first-order valence-electron chi connectivity index (χ1n) is 2.37. The van der Waals surface area contributed by atoms with Gasteiger partial charge in [0.15, 0.2) is 0 Å². The van der Waals surface area contributed by atoms with Crippen LogP contribution in [0.3, 0.4) is 0 Å². The van der Waals surface area contributed by atoms with Gasteiger partial charge in [-0.2, -0.15) is 17.8 Å². The summed E-state index contributed by atoms with van der Waals surface area (Å²) in [5, 5.41) is 0. The molecule has 0 atom stereocenters. The van der Waals surface area contributed by atoms with Gasteiger partial charge in [-0.15, -0.1) is 6.07 Å². The molecule has 0 aliphatic carbocycles. The van der Waals surface area contributed by atoms with Crippen molar-refractivity contribution in [2.24, 2.45) is 0 Å². The summed E-state index contributed by atoms with van der Waals surface area (Å²) in [6, 6.07) is 3.71. The molecule has 0 N–H and O–H groups in total. The predicted octanol–water partition coefficient (Wildman–Crippen LogP) is 1.94. The molecule has 1 aromatic heterocycles. The van der Waals surface area contributed by atoms with Gasteiger partial charge in [-0.25, -0.2) is 0 Å². The number of thioether (sulfide) groups is 1. The van der Waals surface area contributed by atoms with Crippen LogP contribution in [0.2, 0.25) is 0 Å². The van der Waals surface area contributed by atoms with Crippen molar-refractivity contribution in [3.63, 3.8) is 0 Å². The molecule has 0 bridgehead atoms. The van der Waals surface area contributed by atoms with Crippen molar-refractivity contribution in [3.05, 3.63) is 24.2 Å². The van der Waals surface area contributed by atoms with Gasteiger partial charge < -0.3 is 4.42 Å². The van der Waals surface area contributed by atoms with Crippen LogP contribution in [0.25, 0.3) is 0 Å². The number of hydrogen-bond donors (Lipinski definition) is 0. The molecule has 0 unspecified atom stereocenters. The van der Waals surface area contributed by atoms with Crippen molar-refractivity contribution in [1.82, 2.24) is 0 Å². The first-order chi connectivity index (χ1) is 3.93. The van der Waals surface area contributed by atoms with Crippen LogP contribution in [-0.4, -0.2) is 6.26 Å². The van der Waals surface area contributed by atoms with E-state index in [1.165, 1.54) is 0 Å². The number of rotatable bonds is 2. The second-order valence-electron chi connectivity index (χ2n) is 1.45. The van der Waals surface area contributed by atoms with E-state index in [1.807, 2.05) is 12.3 Å². The minimum Gasteiger partial charge on any atom is -0.595 e. The Labute approximate surface area is 84.5 Å². The summed E-state index contributed by atoms with van der Waals surface area (Å²) in [5.41, 5.74) is 0. The maximum atomic E-state index is 4.93. The molecule has 0 aromatic carbocycles. The van der Waals surface area contributed by atoms with Crippen molar-refractivity contribution in [2.45, 2.75) is 5.75 Å². The Morgan fingerprint density at radius 2 is 2.56 bits per heavy atom. The van der Waals surface area contributed by atoms with Gasteiger partial charge in [0.25, 0.3) is 0 Å². The van der Waals surface area contributed by atoms with Crippen LogP contribution in [0.1, 0.15) is 5.76 Å². The molecule has 0 amide bonds. The average Bonchev–Trinajstić information content (AvgIpc) is 2.19. The molecule has 0 aliphatic rings. The van der Waals surface area contributed by atoms with Crippen LogP contribution < -0.4 is 0 Å². The quantitative estimate of drug-likeness (QED) is 0.701. The van der Waals surface area contributed by atoms with Crippen molar-refractivity contribution in [1.29, 1.82) is 0 Å². The van der Waals surface area contributed by atoms with E-state index in [-0.39, 0.29) is 32.7 Å². The molecule has 1 nitrogen and oxygen atoms in total. The Balaban J connectivity index is 0.000000640. The Kier molecular flexibility index (Phi) is 5.96. The Morgan fingerprint density at radius 3 is 3.00 bits per heavy atom. The van der Waals surface area contributed by atoms with Gasteiger partial charge in [0.05, 0.1) is 0 Å². The standard InChI is InChI=1S/C6H7OS.Y/c1-8-5-6-3-2-4-7-6;/h2-3H,5H2,1H3;/q-1;. The smallest absolute Gasteiger partial charge is 0 e. The minimum atomic E-state index is 0. The van der Waals surface area contributed by atoms with Gasteiger partial charge in [-0.3, -0.25) is 0 Å². The van der Waals surface area contributed by atoms with Crippen LogP contribution in [0, 0.1) is 6.26 Å². The maximum Gasteiger partial charge on any atom is 0 e. The largest absolute Gasteiger partial charge is 0.595 e. The fraction of sp³-hybridized carbons (Fsp3) is 0.333. The van der Waals surface area contributed by atoms with E-state index >= 15 is 0 Å². The van der Waals surface area contributed by atoms with Gasteiger partial charge >= 0.3 is 0 Å². The molecule has 47 valence electrons. The second kappa shape index (κ2) is 5.51. The zero-order valence-corrected chi connectivity index (χ0v) is 8.91. The molecule has 0 saturated heterocycles. The normalized spacial score (nSPS) is 8.56. The van der Waals surface area contributed by atoms with Gasteiger partial charge in [0.1, 0.15) is 0 Å². The minimum absolute atomic E-state index is 0. The van der Waals surface area contributed by atoms with Gasteiger partial charge in [-0.05, 0) is 24.0 Å². The van der Waals surface area contributed by atoms with E-state index in [9.17, 15) is 0 Å². The van der Waals surface area contributed by atoms with E-state index in [1.54, 1.807) is 17.8 Å². The first-order valence-corrected chi connectivity index (χ1v) is 3.76. The summed E-state index contributed by atoms with van der Waals surface area (Å²) in [6.07, 6.45) is 4.67. The summed E-state index contributed by atoms with van der Waals surface area (Å²) in [5.74, 6) is 1.95. The van der Waals surface area contributed by atoms with Crippen LogP contribution in [0.5, 0.6) is 0 Å². The van der Waals surface area contributed by atoms with Crippen LogP contribution >= 0.6 is 11.8 Å². The molecule has 9 heavy (non-hydrogen) atoms. The summed E-state index contributed by atoms with van der Waals surface area (Å²) in [7, 11) is 0. The van der Waals surface area contributed by atoms with Crippen molar-refractivity contribution in [2.75, 3.05) is 6.26 Å². The fourth-order valence-electron chi connectivity index (χ4n) is 0.491.